The molecule has 0 radical (unpaired) electrons. The molecular weight excluding hydrogens is 258 g/mol. The second-order valence-corrected chi connectivity index (χ2v) is 3.48. The van der Waals surface area contributed by atoms with Crippen molar-refractivity contribution < 1.29 is 14.3 Å². The molecule has 1 aromatic carbocycles. The molecule has 0 aliphatic heterocycles. The number of nitrogens with two attached hydrogens (primary N) is 1. The average molecular weight is 270 g/mol. The number of esters is 1. The number of methoxy groups -OCH3 is 2. The summed E-state index contributed by atoms with van der Waals surface area (Å²) in [5.74, 6) is 4.74. The molecule has 0 bridgehead atoms. The highest BCUT2D eigenvalue weighted by Gasteiger charge is 2.11. The van der Waals surface area contributed by atoms with Crippen LogP contribution in [0.1, 0.15) is 5.56 Å². The molecule has 6 nitrogen and oxygen atoms in total. The lowest BCUT2D eigenvalue weighted by Gasteiger charge is -2.05. The van der Waals surface area contributed by atoms with Crippen LogP contribution in [0.3, 0.4) is 0 Å². The second kappa shape index (κ2) is 6.61. The number of nitrogens with zero attached hydrogens (tertiary/aromatic N) is 2. The van der Waals surface area contributed by atoms with Crippen LogP contribution in [0.5, 0.6) is 5.75 Å². The predicted molar refractivity (Wildman–Crippen MR) is 67.0 cm³/mol. The molecule has 0 fully saturated rings. The summed E-state index contributed by atoms with van der Waals surface area (Å²) in [7, 11) is 2.73. The van der Waals surface area contributed by atoms with Crippen LogP contribution >= 0.6 is 11.6 Å². The molecule has 0 amide bonds. The number of ether oxygens (including phenoxy) is 2. The van der Waals surface area contributed by atoms with Gasteiger partial charge in [-0.05, 0) is 17.7 Å². The fourth-order valence-corrected chi connectivity index (χ4v) is 1.50. The third-order valence-corrected chi connectivity index (χ3v) is 2.47. The quantitative estimate of drug-likeness (QED) is 0.298. The minimum atomic E-state index is -0.664. The van der Waals surface area contributed by atoms with Gasteiger partial charge in [0, 0.05) is 0 Å². The first-order chi connectivity index (χ1) is 8.63. The SMILES string of the molecule is COC(=O)/C(=C/c1cccc(OC)c1Cl)N=NN. The summed E-state index contributed by atoms with van der Waals surface area (Å²) in [4.78, 5) is 11.4. The smallest absolute Gasteiger partial charge is 0.358 e. The summed E-state index contributed by atoms with van der Waals surface area (Å²) < 4.78 is 9.60. The maximum Gasteiger partial charge on any atom is 0.358 e. The first-order valence-corrected chi connectivity index (χ1v) is 5.25. The highest BCUT2D eigenvalue weighted by molar-refractivity contribution is 6.33. The standard InChI is InChI=1S/C11H12ClN3O3/c1-17-9-5-3-4-7(10(9)12)6-8(14-15-13)11(16)18-2/h3-6H,1-2H3,(H2,13,14)/b8-6-. The Bertz CT molecular complexity index is 500. The van der Waals surface area contributed by atoms with Gasteiger partial charge in [0.1, 0.15) is 5.75 Å². The van der Waals surface area contributed by atoms with Crippen LogP contribution in [-0.2, 0) is 9.53 Å². The van der Waals surface area contributed by atoms with Crippen molar-refractivity contribution in [3.05, 3.63) is 34.5 Å². The molecule has 0 heterocycles. The van der Waals surface area contributed by atoms with Crippen molar-refractivity contribution >= 4 is 23.6 Å². The van der Waals surface area contributed by atoms with Crippen LogP contribution in [0.15, 0.2) is 34.2 Å². The molecule has 0 aliphatic carbocycles. The van der Waals surface area contributed by atoms with Crippen LogP contribution in [0, 0.1) is 0 Å². The Morgan fingerprint density at radius 2 is 2.17 bits per heavy atom. The van der Waals surface area contributed by atoms with E-state index in [2.05, 4.69) is 15.1 Å². The lowest BCUT2D eigenvalue weighted by molar-refractivity contribution is -0.136. The lowest BCUT2D eigenvalue weighted by Crippen LogP contribution is -2.03. The van der Waals surface area contributed by atoms with Crippen molar-refractivity contribution in [2.24, 2.45) is 16.2 Å². The average Bonchev–Trinajstić information content (AvgIpc) is 2.39. The zero-order valence-corrected chi connectivity index (χ0v) is 10.6. The van der Waals surface area contributed by atoms with Gasteiger partial charge in [-0.3, -0.25) is 0 Å². The summed E-state index contributed by atoms with van der Waals surface area (Å²) >= 11 is 6.08. The molecular formula is C11H12ClN3O3. The van der Waals surface area contributed by atoms with Gasteiger partial charge in [-0.2, -0.15) is 0 Å². The Morgan fingerprint density at radius 1 is 1.44 bits per heavy atom. The van der Waals surface area contributed by atoms with E-state index in [0.29, 0.717) is 16.3 Å². The topological polar surface area (TPSA) is 86.3 Å². The summed E-state index contributed by atoms with van der Waals surface area (Å²) in [6, 6.07) is 5.12. The van der Waals surface area contributed by atoms with Gasteiger partial charge in [0.05, 0.1) is 19.2 Å². The van der Waals surface area contributed by atoms with E-state index in [9.17, 15) is 4.79 Å². The molecule has 0 atom stereocenters. The first kappa shape index (κ1) is 14.0. The summed E-state index contributed by atoms with van der Waals surface area (Å²) in [5.41, 5.74) is 0.485. The molecule has 0 saturated carbocycles. The Morgan fingerprint density at radius 3 is 2.72 bits per heavy atom. The largest absolute Gasteiger partial charge is 0.495 e. The zero-order chi connectivity index (χ0) is 13.5. The van der Waals surface area contributed by atoms with E-state index < -0.39 is 5.97 Å². The second-order valence-electron chi connectivity index (χ2n) is 3.10. The van der Waals surface area contributed by atoms with Gasteiger partial charge in [0.25, 0.3) is 0 Å². The van der Waals surface area contributed by atoms with E-state index in [4.69, 9.17) is 22.2 Å². The van der Waals surface area contributed by atoms with Crippen molar-refractivity contribution in [1.29, 1.82) is 0 Å². The molecule has 0 unspecified atom stereocenters. The van der Waals surface area contributed by atoms with Crippen molar-refractivity contribution in [2.75, 3.05) is 14.2 Å². The normalized spacial score (nSPS) is 11.6. The molecule has 0 spiro atoms. The lowest BCUT2D eigenvalue weighted by atomic mass is 10.2. The minimum Gasteiger partial charge on any atom is -0.495 e. The highest BCUT2D eigenvalue weighted by atomic mass is 35.5. The predicted octanol–water partition coefficient (Wildman–Crippen LogP) is 2.19. The third-order valence-electron chi connectivity index (χ3n) is 2.07. The Balaban J connectivity index is 3.24. The van der Waals surface area contributed by atoms with Crippen molar-refractivity contribution in [3.63, 3.8) is 0 Å². The molecule has 18 heavy (non-hydrogen) atoms. The molecule has 0 saturated heterocycles. The minimum absolute atomic E-state index is 0.0600. The van der Waals surface area contributed by atoms with E-state index in [1.54, 1.807) is 18.2 Å². The van der Waals surface area contributed by atoms with Gasteiger partial charge in [0.15, 0.2) is 5.70 Å². The van der Waals surface area contributed by atoms with Gasteiger partial charge in [0.2, 0.25) is 0 Å². The number of carbonyl (C=O) groups excluding carboxylic acids is 1. The van der Waals surface area contributed by atoms with Gasteiger partial charge < -0.3 is 15.3 Å². The van der Waals surface area contributed by atoms with Gasteiger partial charge in [-0.15, -0.1) is 5.11 Å². The first-order valence-electron chi connectivity index (χ1n) is 4.87. The molecule has 2 N–H and O–H groups in total. The van der Waals surface area contributed by atoms with Gasteiger partial charge in [-0.1, -0.05) is 29.0 Å². The van der Waals surface area contributed by atoms with Gasteiger partial charge >= 0.3 is 5.97 Å². The Kier molecular flexibility index (Phi) is 5.13. The van der Waals surface area contributed by atoms with E-state index in [-0.39, 0.29) is 5.70 Å². The number of benzene rings is 1. The van der Waals surface area contributed by atoms with Crippen LogP contribution < -0.4 is 10.6 Å². The van der Waals surface area contributed by atoms with Crippen molar-refractivity contribution in [2.45, 2.75) is 0 Å². The van der Waals surface area contributed by atoms with E-state index in [0.717, 1.165) is 0 Å². The van der Waals surface area contributed by atoms with Crippen LogP contribution in [-0.4, -0.2) is 20.2 Å². The number of carbonyl (C=O) groups is 1. The molecule has 0 aliphatic rings. The zero-order valence-electron chi connectivity index (χ0n) is 9.88. The Labute approximate surface area is 109 Å². The maximum atomic E-state index is 11.4. The fourth-order valence-electron chi connectivity index (χ4n) is 1.24. The van der Waals surface area contributed by atoms with E-state index in [1.807, 2.05) is 0 Å². The molecule has 1 rings (SSSR count). The number of halogens is 1. The highest BCUT2D eigenvalue weighted by Crippen LogP contribution is 2.29. The van der Waals surface area contributed by atoms with Crippen molar-refractivity contribution in [1.82, 2.24) is 0 Å². The van der Waals surface area contributed by atoms with Gasteiger partial charge in [-0.25, -0.2) is 4.79 Å². The molecule has 1 aromatic rings. The fraction of sp³-hybridized carbons (Fsp3) is 0.182. The maximum absolute atomic E-state index is 11.4. The summed E-state index contributed by atoms with van der Waals surface area (Å²) in [5, 5.41) is 6.89. The van der Waals surface area contributed by atoms with Crippen LogP contribution in [0.25, 0.3) is 6.08 Å². The van der Waals surface area contributed by atoms with Crippen LogP contribution in [0.2, 0.25) is 5.02 Å². The molecule has 7 heteroatoms. The van der Waals surface area contributed by atoms with Crippen molar-refractivity contribution in [3.8, 4) is 5.75 Å². The number of hydrogen-bond donors (Lipinski definition) is 1. The van der Waals surface area contributed by atoms with E-state index in [1.165, 1.54) is 20.3 Å². The number of rotatable bonds is 4. The Hall–Kier alpha value is -2.08. The summed E-state index contributed by atoms with van der Waals surface area (Å²) in [6.07, 6.45) is 1.41. The monoisotopic (exact) mass is 269 g/mol. The molecule has 0 aromatic heterocycles. The number of hydrogen-bond acceptors (Lipinski definition) is 5. The molecule has 96 valence electrons. The summed E-state index contributed by atoms with van der Waals surface area (Å²) in [6.45, 7) is 0. The van der Waals surface area contributed by atoms with Crippen LogP contribution in [0.4, 0.5) is 0 Å². The van der Waals surface area contributed by atoms with E-state index >= 15 is 0 Å². The third kappa shape index (κ3) is 3.21.